The van der Waals surface area contributed by atoms with E-state index < -0.39 is 5.91 Å². The molecule has 15 N–H and O–H groups in total. The highest BCUT2D eigenvalue weighted by atomic mass is 35.5. The molecule has 1 aromatic heterocycles. The molecule has 2 aliphatic heterocycles. The number of hydrogen-bond acceptors (Lipinski definition) is 12. The summed E-state index contributed by atoms with van der Waals surface area (Å²) in [7, 11) is 0. The molecule has 0 atom stereocenters. The SMILES string of the molecule is Cl.N.N.N.N.O=C(Nc1ccc(Nc2nc(N3CCCCC3)nc(N3CCCCC3)n2)cc1Cl)c1ccc(Cl)cc1O.[HH].[HH].[HH].[HH]. The van der Waals surface area contributed by atoms with Crippen LogP contribution in [-0.2, 0) is 0 Å². The van der Waals surface area contributed by atoms with Crippen LogP contribution < -0.4 is 45.0 Å². The smallest absolute Gasteiger partial charge is 0.259 e. The second-order valence-electron chi connectivity index (χ2n) is 9.29. The summed E-state index contributed by atoms with van der Waals surface area (Å²) in [4.78, 5) is 31.3. The highest BCUT2D eigenvalue weighted by Crippen LogP contribution is 2.30. The van der Waals surface area contributed by atoms with Crippen molar-refractivity contribution in [1.29, 1.82) is 0 Å². The van der Waals surface area contributed by atoms with Crippen molar-refractivity contribution in [1.82, 2.24) is 39.6 Å². The maximum atomic E-state index is 12.6. The predicted molar refractivity (Wildman–Crippen MR) is 184 cm³/mol. The van der Waals surface area contributed by atoms with E-state index >= 15 is 0 Å². The number of carbonyl (C=O) groups excluding carboxylic acids is 1. The van der Waals surface area contributed by atoms with Gasteiger partial charge in [-0.3, -0.25) is 4.79 Å². The normalized spacial score (nSPS) is 14.0. The Morgan fingerprint density at radius 1 is 0.786 bits per heavy atom. The first-order valence-corrected chi connectivity index (χ1v) is 13.3. The van der Waals surface area contributed by atoms with Crippen molar-refractivity contribution in [2.24, 2.45) is 0 Å². The summed E-state index contributed by atoms with van der Waals surface area (Å²) in [6.07, 6.45) is 6.97. The molecule has 3 aromatic rings. The van der Waals surface area contributed by atoms with Gasteiger partial charge in [-0.25, -0.2) is 0 Å². The zero-order chi connectivity index (χ0) is 25.8. The van der Waals surface area contributed by atoms with Crippen LogP contribution in [0.15, 0.2) is 36.4 Å². The zero-order valence-electron chi connectivity index (χ0n) is 23.6. The lowest BCUT2D eigenvalue weighted by molar-refractivity contribution is 0.102. The van der Waals surface area contributed by atoms with Gasteiger partial charge in [-0.1, -0.05) is 23.2 Å². The Kier molecular flexibility index (Phi) is 16.4. The van der Waals surface area contributed by atoms with E-state index in [1.54, 1.807) is 18.2 Å². The molecule has 42 heavy (non-hydrogen) atoms. The highest BCUT2D eigenvalue weighted by Gasteiger charge is 2.21. The van der Waals surface area contributed by atoms with E-state index in [0.717, 1.165) is 51.9 Å². The summed E-state index contributed by atoms with van der Waals surface area (Å²) in [5.74, 6) is 1.14. The number of halogens is 3. The summed E-state index contributed by atoms with van der Waals surface area (Å²) in [5.41, 5.74) is 1.19. The maximum absolute atomic E-state index is 12.6. The first-order chi connectivity index (χ1) is 18.0. The Morgan fingerprint density at radius 2 is 1.33 bits per heavy atom. The topological polar surface area (TPSA) is 247 Å². The van der Waals surface area contributed by atoms with Gasteiger partial charge in [0.15, 0.2) is 0 Å². The predicted octanol–water partition coefficient (Wildman–Crippen LogP) is 7.91. The summed E-state index contributed by atoms with van der Waals surface area (Å²) < 4.78 is 0. The van der Waals surface area contributed by atoms with E-state index in [1.807, 2.05) is 0 Å². The number of aromatic nitrogens is 3. The van der Waals surface area contributed by atoms with Gasteiger partial charge in [0, 0.05) is 42.6 Å². The van der Waals surface area contributed by atoms with Gasteiger partial charge in [0.05, 0.1) is 16.3 Å². The lowest BCUT2D eigenvalue weighted by atomic mass is 10.1. The van der Waals surface area contributed by atoms with Crippen LogP contribution >= 0.6 is 35.6 Å². The number of phenols is 1. The van der Waals surface area contributed by atoms with Gasteiger partial charge < -0.3 is 50.1 Å². The summed E-state index contributed by atoms with van der Waals surface area (Å²) in [6.45, 7) is 3.75. The van der Waals surface area contributed by atoms with Gasteiger partial charge in [-0.15, -0.1) is 12.4 Å². The molecule has 0 spiro atoms. The fourth-order valence-corrected chi connectivity index (χ4v) is 4.98. The minimum absolute atomic E-state index is 0. The molecule has 2 fully saturated rings. The van der Waals surface area contributed by atoms with Crippen molar-refractivity contribution in [2.75, 3.05) is 46.6 Å². The van der Waals surface area contributed by atoms with Crippen LogP contribution in [0.4, 0.5) is 29.2 Å². The number of amides is 1. The van der Waals surface area contributed by atoms with Gasteiger partial charge in [0.25, 0.3) is 5.91 Å². The Bertz CT molecular complexity index is 1270. The fraction of sp³-hybridized carbons (Fsp3) is 0.385. The monoisotopic (exact) mass is 653 g/mol. The van der Waals surface area contributed by atoms with Gasteiger partial charge >= 0.3 is 0 Å². The molecule has 0 saturated carbocycles. The first kappa shape index (κ1) is 38.8. The molecule has 0 radical (unpaired) electrons. The fourth-order valence-electron chi connectivity index (χ4n) is 4.59. The van der Waals surface area contributed by atoms with Gasteiger partial charge in [-0.2, -0.15) is 15.0 Å². The number of benzene rings is 2. The molecule has 16 heteroatoms. The Labute approximate surface area is 268 Å². The molecule has 0 unspecified atom stereocenters. The van der Waals surface area contributed by atoms with E-state index in [9.17, 15) is 9.90 Å². The number of aromatic hydroxyl groups is 1. The average Bonchev–Trinajstić information content (AvgIpc) is 2.91. The van der Waals surface area contributed by atoms with Crippen LogP contribution in [0.5, 0.6) is 5.75 Å². The van der Waals surface area contributed by atoms with Crippen LogP contribution in [0, 0.1) is 0 Å². The molecule has 2 aliphatic rings. The van der Waals surface area contributed by atoms with Gasteiger partial charge in [0.1, 0.15) is 5.75 Å². The van der Waals surface area contributed by atoms with Gasteiger partial charge in [-0.05, 0) is 74.9 Å². The molecule has 2 saturated heterocycles. The highest BCUT2D eigenvalue weighted by molar-refractivity contribution is 6.34. The van der Waals surface area contributed by atoms with Crippen LogP contribution in [-0.4, -0.2) is 52.1 Å². The number of carbonyl (C=O) groups is 1. The molecular weight excluding hydrogens is 605 g/mol. The quantitative estimate of drug-likeness (QED) is 0.134. The van der Waals surface area contributed by atoms with E-state index in [0.29, 0.717) is 39.3 Å². The third-order valence-corrected chi connectivity index (χ3v) is 7.12. The van der Waals surface area contributed by atoms with Gasteiger partial charge in [0.2, 0.25) is 17.8 Å². The van der Waals surface area contributed by atoms with E-state index in [2.05, 4.69) is 20.4 Å². The summed E-state index contributed by atoms with van der Waals surface area (Å²) >= 11 is 12.3. The van der Waals surface area contributed by atoms with Crippen LogP contribution in [0.25, 0.3) is 0 Å². The number of piperidine rings is 2. The Balaban J connectivity index is -0.000000623. The van der Waals surface area contributed by atoms with Crippen molar-refractivity contribution < 1.29 is 15.6 Å². The second kappa shape index (κ2) is 17.7. The molecule has 3 heterocycles. The molecule has 13 nitrogen and oxygen atoms in total. The maximum Gasteiger partial charge on any atom is 0.259 e. The standard InChI is InChI=1S/C26H29Cl2N7O2.ClH.4H3N.4H2/c27-17-7-9-19(22(36)15-17)23(37)30-21-10-8-18(16-20(21)28)29-24-31-25(34-11-3-1-4-12-34)33-26(32-24)35-13-5-2-6-14-35;;;;;;;;;/h7-10,15-16,36H,1-6,11-14H2,(H,30,37)(H,29,31,32,33);1H;4*1H3;4*1H. The number of rotatable bonds is 6. The minimum Gasteiger partial charge on any atom is -0.507 e. The van der Waals surface area contributed by atoms with Crippen LogP contribution in [0.2, 0.25) is 10.0 Å². The third kappa shape index (κ3) is 9.42. The Morgan fingerprint density at radius 3 is 1.83 bits per heavy atom. The zero-order valence-corrected chi connectivity index (χ0v) is 25.9. The van der Waals surface area contributed by atoms with Crippen molar-refractivity contribution >= 4 is 70.7 Å². The first-order valence-electron chi connectivity index (χ1n) is 12.6. The molecule has 0 aliphatic carbocycles. The number of nitrogens with zero attached hydrogens (tertiary/aromatic N) is 5. The lowest BCUT2D eigenvalue weighted by Crippen LogP contribution is -2.34. The number of nitrogens with one attached hydrogen (secondary N) is 2. The van der Waals surface area contributed by atoms with E-state index in [4.69, 9.17) is 38.2 Å². The minimum atomic E-state index is -0.494. The summed E-state index contributed by atoms with van der Waals surface area (Å²) in [6, 6.07) is 9.48. The number of anilines is 5. The third-order valence-electron chi connectivity index (χ3n) is 6.57. The molecule has 2 aromatic carbocycles. The van der Waals surface area contributed by atoms with E-state index in [1.165, 1.54) is 31.0 Å². The molecule has 0 bridgehead atoms. The number of hydrogen-bond donors (Lipinski definition) is 7. The molecule has 1 amide bonds. The van der Waals surface area contributed by atoms with Crippen molar-refractivity contribution in [2.45, 2.75) is 38.5 Å². The molecular formula is C26H50Cl3N11O2. The van der Waals surface area contributed by atoms with Crippen LogP contribution in [0.1, 0.15) is 54.6 Å². The Hall–Kier alpha value is -3.17. The largest absolute Gasteiger partial charge is 0.507 e. The van der Waals surface area contributed by atoms with Crippen LogP contribution in [0.3, 0.4) is 0 Å². The number of phenolic OH excluding ortho intramolecular Hbond substituents is 1. The van der Waals surface area contributed by atoms with Crippen molar-refractivity contribution in [3.8, 4) is 5.75 Å². The summed E-state index contributed by atoms with van der Waals surface area (Å²) in [5, 5.41) is 16.7. The van der Waals surface area contributed by atoms with Crippen molar-refractivity contribution in [3.63, 3.8) is 0 Å². The second-order valence-corrected chi connectivity index (χ2v) is 10.1. The van der Waals surface area contributed by atoms with E-state index in [-0.39, 0.29) is 54.0 Å². The molecule has 242 valence electrons. The van der Waals surface area contributed by atoms with Crippen molar-refractivity contribution in [3.05, 3.63) is 52.0 Å². The average molecular weight is 655 g/mol. The molecule has 5 rings (SSSR count). The lowest BCUT2D eigenvalue weighted by Gasteiger charge is -2.30.